The topological polar surface area (TPSA) is 18.5 Å². The molecule has 0 aromatic heterocycles. The van der Waals surface area contributed by atoms with Gasteiger partial charge in [-0.1, -0.05) is 0 Å². The second-order valence-electron chi connectivity index (χ2n) is 3.52. The van der Waals surface area contributed by atoms with Gasteiger partial charge < -0.3 is 15.1 Å². The Bertz CT molecular complexity index is 332. The fourth-order valence-electron chi connectivity index (χ4n) is 1.26. The zero-order valence-corrected chi connectivity index (χ0v) is 10.4. The van der Waals surface area contributed by atoms with Gasteiger partial charge >= 0.3 is 0 Å². The zero-order chi connectivity index (χ0) is 11.4. The summed E-state index contributed by atoms with van der Waals surface area (Å²) in [5.74, 6) is 0. The molecule has 1 N–H and O–H groups in total. The van der Waals surface area contributed by atoms with E-state index >= 15 is 0 Å². The van der Waals surface area contributed by atoms with E-state index < -0.39 is 0 Å². The van der Waals surface area contributed by atoms with Crippen LogP contribution in [-0.2, 0) is 0 Å². The molecular weight excluding hydrogens is 206 g/mol. The number of benzene rings is 1. The largest absolute Gasteiger partial charge is 0.378 e. The summed E-state index contributed by atoms with van der Waals surface area (Å²) in [4.78, 5) is 4.01. The first kappa shape index (κ1) is 11.8. The highest BCUT2D eigenvalue weighted by Gasteiger charge is 2.04. The maximum absolute atomic E-state index is 5.15. The molecule has 0 heterocycles. The van der Waals surface area contributed by atoms with E-state index in [2.05, 4.69) is 34.5 Å². The van der Waals surface area contributed by atoms with E-state index in [0.717, 1.165) is 5.69 Å². The van der Waals surface area contributed by atoms with Crippen molar-refractivity contribution in [1.29, 1.82) is 0 Å². The zero-order valence-electron chi connectivity index (χ0n) is 9.61. The average Bonchev–Trinajstić information content (AvgIpc) is 2.27. The summed E-state index contributed by atoms with van der Waals surface area (Å²) < 4.78 is 0. The standard InChI is InChI=1S/C11H17N3S/c1-12-11(15)14(4)10-7-5-9(6-8-10)13(2)3/h5-8H,1-4H3,(H,12,15). The summed E-state index contributed by atoms with van der Waals surface area (Å²) in [6.45, 7) is 0. The van der Waals surface area contributed by atoms with Crippen LogP contribution >= 0.6 is 12.2 Å². The van der Waals surface area contributed by atoms with Crippen LogP contribution in [0.3, 0.4) is 0 Å². The lowest BCUT2D eigenvalue weighted by Crippen LogP contribution is -2.34. The van der Waals surface area contributed by atoms with Crippen LogP contribution < -0.4 is 15.1 Å². The second-order valence-corrected chi connectivity index (χ2v) is 3.91. The van der Waals surface area contributed by atoms with Gasteiger partial charge in [0.2, 0.25) is 0 Å². The molecule has 0 aliphatic carbocycles. The Hall–Kier alpha value is -1.29. The monoisotopic (exact) mass is 223 g/mol. The molecule has 0 amide bonds. The predicted octanol–water partition coefficient (Wildman–Crippen LogP) is 1.69. The number of nitrogens with one attached hydrogen (secondary N) is 1. The lowest BCUT2D eigenvalue weighted by molar-refractivity contribution is 1.11. The van der Waals surface area contributed by atoms with Gasteiger partial charge in [-0.3, -0.25) is 0 Å². The van der Waals surface area contributed by atoms with Crippen molar-refractivity contribution in [2.45, 2.75) is 0 Å². The quantitative estimate of drug-likeness (QED) is 0.769. The normalized spacial score (nSPS) is 9.60. The minimum atomic E-state index is 0.715. The van der Waals surface area contributed by atoms with Crippen LogP contribution in [0, 0.1) is 0 Å². The van der Waals surface area contributed by atoms with Crippen molar-refractivity contribution in [3.63, 3.8) is 0 Å². The number of nitrogens with zero attached hydrogens (tertiary/aromatic N) is 2. The minimum Gasteiger partial charge on any atom is -0.378 e. The number of thiocarbonyl (C=S) groups is 1. The second kappa shape index (κ2) is 4.98. The lowest BCUT2D eigenvalue weighted by Gasteiger charge is -2.20. The van der Waals surface area contributed by atoms with Crippen molar-refractivity contribution in [1.82, 2.24) is 5.32 Å². The number of hydrogen-bond donors (Lipinski definition) is 1. The molecule has 3 nitrogen and oxygen atoms in total. The van der Waals surface area contributed by atoms with E-state index in [1.165, 1.54) is 5.69 Å². The summed E-state index contributed by atoms with van der Waals surface area (Å²) in [7, 11) is 7.82. The molecule has 0 spiro atoms. The van der Waals surface area contributed by atoms with E-state index in [-0.39, 0.29) is 0 Å². The molecule has 15 heavy (non-hydrogen) atoms. The first-order chi connectivity index (χ1) is 7.06. The highest BCUT2D eigenvalue weighted by atomic mass is 32.1. The summed E-state index contributed by atoms with van der Waals surface area (Å²) in [6.07, 6.45) is 0. The molecule has 1 rings (SSSR count). The Morgan fingerprint density at radius 1 is 1.07 bits per heavy atom. The van der Waals surface area contributed by atoms with Gasteiger partial charge in [-0.05, 0) is 36.5 Å². The summed E-state index contributed by atoms with van der Waals surface area (Å²) >= 11 is 5.15. The van der Waals surface area contributed by atoms with Crippen LogP contribution in [0.25, 0.3) is 0 Å². The SMILES string of the molecule is CNC(=S)N(C)c1ccc(N(C)C)cc1. The minimum absolute atomic E-state index is 0.715. The molecule has 0 saturated heterocycles. The Kier molecular flexibility index (Phi) is 3.91. The van der Waals surface area contributed by atoms with Crippen LogP contribution in [0.1, 0.15) is 0 Å². The molecule has 0 radical (unpaired) electrons. The summed E-state index contributed by atoms with van der Waals surface area (Å²) in [6, 6.07) is 8.26. The Balaban J connectivity index is 2.84. The molecule has 82 valence electrons. The first-order valence-electron chi connectivity index (χ1n) is 4.79. The van der Waals surface area contributed by atoms with Crippen LogP contribution in [0.2, 0.25) is 0 Å². The van der Waals surface area contributed by atoms with Crippen LogP contribution in [0.15, 0.2) is 24.3 Å². The Morgan fingerprint density at radius 3 is 1.93 bits per heavy atom. The summed E-state index contributed by atoms with van der Waals surface area (Å²) in [5, 5.41) is 3.66. The van der Waals surface area contributed by atoms with Gasteiger partial charge in [-0.25, -0.2) is 0 Å². The van der Waals surface area contributed by atoms with Crippen LogP contribution in [-0.4, -0.2) is 33.3 Å². The van der Waals surface area contributed by atoms with Gasteiger partial charge in [0.1, 0.15) is 0 Å². The van der Waals surface area contributed by atoms with Gasteiger partial charge in [-0.2, -0.15) is 0 Å². The first-order valence-corrected chi connectivity index (χ1v) is 5.20. The number of hydrogen-bond acceptors (Lipinski definition) is 2. The maximum atomic E-state index is 5.15. The smallest absolute Gasteiger partial charge is 0.172 e. The molecule has 4 heteroatoms. The molecule has 1 aromatic carbocycles. The van der Waals surface area contributed by atoms with E-state index in [9.17, 15) is 0 Å². The molecule has 0 unspecified atom stereocenters. The Morgan fingerprint density at radius 2 is 1.53 bits per heavy atom. The number of rotatable bonds is 2. The van der Waals surface area contributed by atoms with Crippen molar-refractivity contribution >= 4 is 28.7 Å². The van der Waals surface area contributed by atoms with Gasteiger partial charge in [0, 0.05) is 39.6 Å². The van der Waals surface area contributed by atoms with Crippen molar-refractivity contribution in [2.75, 3.05) is 38.0 Å². The van der Waals surface area contributed by atoms with Crippen LogP contribution in [0.5, 0.6) is 0 Å². The third kappa shape index (κ3) is 2.83. The molecule has 0 atom stereocenters. The van der Waals surface area contributed by atoms with Crippen molar-refractivity contribution in [3.05, 3.63) is 24.3 Å². The van der Waals surface area contributed by atoms with Crippen molar-refractivity contribution < 1.29 is 0 Å². The molecule has 0 fully saturated rings. The van der Waals surface area contributed by atoms with E-state index in [0.29, 0.717) is 5.11 Å². The highest BCUT2D eigenvalue weighted by molar-refractivity contribution is 7.80. The third-order valence-corrected chi connectivity index (χ3v) is 2.75. The van der Waals surface area contributed by atoms with Gasteiger partial charge in [0.05, 0.1) is 0 Å². The molecular formula is C11H17N3S. The van der Waals surface area contributed by atoms with Gasteiger partial charge in [0.15, 0.2) is 5.11 Å². The molecule has 0 aliphatic heterocycles. The Labute approximate surface area is 96.7 Å². The van der Waals surface area contributed by atoms with Crippen molar-refractivity contribution in [2.24, 2.45) is 0 Å². The fourth-order valence-corrected chi connectivity index (χ4v) is 1.36. The van der Waals surface area contributed by atoms with Crippen molar-refractivity contribution in [3.8, 4) is 0 Å². The van der Waals surface area contributed by atoms with E-state index in [1.54, 1.807) is 0 Å². The molecule has 0 aliphatic rings. The van der Waals surface area contributed by atoms with Crippen LogP contribution in [0.4, 0.5) is 11.4 Å². The molecule has 0 saturated carbocycles. The summed E-state index contributed by atoms with van der Waals surface area (Å²) in [5.41, 5.74) is 2.27. The van der Waals surface area contributed by atoms with E-state index in [4.69, 9.17) is 12.2 Å². The predicted molar refractivity (Wildman–Crippen MR) is 70.8 cm³/mol. The molecule has 0 bridgehead atoms. The van der Waals surface area contributed by atoms with E-state index in [1.807, 2.05) is 33.1 Å². The third-order valence-electron chi connectivity index (χ3n) is 2.27. The highest BCUT2D eigenvalue weighted by Crippen LogP contribution is 2.18. The number of anilines is 2. The maximum Gasteiger partial charge on any atom is 0.172 e. The van der Waals surface area contributed by atoms with Gasteiger partial charge in [0.25, 0.3) is 0 Å². The van der Waals surface area contributed by atoms with Gasteiger partial charge in [-0.15, -0.1) is 0 Å². The molecule has 1 aromatic rings. The lowest BCUT2D eigenvalue weighted by atomic mass is 10.2. The average molecular weight is 223 g/mol. The fraction of sp³-hybridized carbons (Fsp3) is 0.364.